The van der Waals surface area contributed by atoms with Gasteiger partial charge in [-0.1, -0.05) is 18.9 Å². The number of hydrogen-bond acceptors (Lipinski definition) is 5. The molecular weight excluding hydrogens is 310 g/mol. The van der Waals surface area contributed by atoms with Crippen LogP contribution in [0.1, 0.15) is 43.0 Å². The van der Waals surface area contributed by atoms with Crippen LogP contribution in [0.2, 0.25) is 0 Å². The minimum absolute atomic E-state index is 0.182. The smallest absolute Gasteiger partial charge is 0.338 e. The Hall–Kier alpha value is -2.50. The highest BCUT2D eigenvalue weighted by Crippen LogP contribution is 2.40. The number of carbonyl (C=O) groups is 4. The third-order valence-electron chi connectivity index (χ3n) is 4.59. The van der Waals surface area contributed by atoms with Crippen LogP contribution in [0.3, 0.4) is 0 Å². The Balaban J connectivity index is 1.83. The molecule has 1 aromatic carbocycles. The number of carbonyl (C=O) groups excluding carboxylic acids is 4. The summed E-state index contributed by atoms with van der Waals surface area (Å²) in [4.78, 5) is 49.3. The number of imide groups is 1. The molecular formula is C18H19NO5. The molecule has 0 aromatic heterocycles. The van der Waals surface area contributed by atoms with Gasteiger partial charge in [-0.15, -0.1) is 0 Å². The van der Waals surface area contributed by atoms with E-state index < -0.39 is 5.97 Å². The van der Waals surface area contributed by atoms with Crippen molar-refractivity contribution in [3.8, 4) is 0 Å². The summed E-state index contributed by atoms with van der Waals surface area (Å²) in [6.45, 7) is 1.03. The lowest BCUT2D eigenvalue weighted by Gasteiger charge is -2.19. The van der Waals surface area contributed by atoms with Crippen LogP contribution in [0, 0.1) is 11.8 Å². The number of hydrogen-bond donors (Lipinski definition) is 0. The first-order valence-corrected chi connectivity index (χ1v) is 8.13. The van der Waals surface area contributed by atoms with E-state index in [4.69, 9.17) is 4.74 Å². The van der Waals surface area contributed by atoms with Crippen molar-refractivity contribution in [1.82, 2.24) is 0 Å². The fraction of sp³-hybridized carbons (Fsp3) is 0.444. The number of benzene rings is 1. The molecule has 0 N–H and O–H groups in total. The van der Waals surface area contributed by atoms with Gasteiger partial charge in [0.05, 0.1) is 23.1 Å². The molecule has 24 heavy (non-hydrogen) atoms. The van der Waals surface area contributed by atoms with Crippen molar-refractivity contribution in [3.63, 3.8) is 0 Å². The average molecular weight is 329 g/mol. The van der Waals surface area contributed by atoms with Crippen molar-refractivity contribution in [2.75, 3.05) is 11.5 Å². The van der Waals surface area contributed by atoms with Gasteiger partial charge in [0.1, 0.15) is 6.61 Å². The van der Waals surface area contributed by atoms with E-state index in [1.165, 1.54) is 24.0 Å². The van der Waals surface area contributed by atoms with Crippen LogP contribution in [0.5, 0.6) is 0 Å². The van der Waals surface area contributed by atoms with Gasteiger partial charge < -0.3 is 4.74 Å². The Labute approximate surface area is 139 Å². The van der Waals surface area contributed by atoms with E-state index in [1.807, 2.05) is 0 Å². The number of anilines is 1. The maximum absolute atomic E-state index is 12.6. The first-order chi connectivity index (χ1) is 11.5. The van der Waals surface area contributed by atoms with Crippen LogP contribution in [0.25, 0.3) is 0 Å². The quantitative estimate of drug-likeness (QED) is 0.624. The Bertz CT molecular complexity index is 687. The molecule has 2 aliphatic rings. The van der Waals surface area contributed by atoms with Crippen LogP contribution in [0.15, 0.2) is 24.3 Å². The van der Waals surface area contributed by atoms with Crippen LogP contribution < -0.4 is 4.90 Å². The fourth-order valence-electron chi connectivity index (χ4n) is 3.44. The third kappa shape index (κ3) is 2.96. The summed E-state index contributed by atoms with van der Waals surface area (Å²) in [6, 6.07) is 6.23. The second-order valence-electron chi connectivity index (χ2n) is 6.34. The zero-order valence-corrected chi connectivity index (χ0v) is 13.5. The molecule has 6 heteroatoms. The van der Waals surface area contributed by atoms with Crippen LogP contribution >= 0.6 is 0 Å². The fourth-order valence-corrected chi connectivity index (χ4v) is 3.44. The van der Waals surface area contributed by atoms with Gasteiger partial charge in [0.15, 0.2) is 5.78 Å². The molecule has 1 saturated carbocycles. The molecule has 126 valence electrons. The van der Waals surface area contributed by atoms with Crippen molar-refractivity contribution in [1.29, 1.82) is 0 Å². The molecule has 2 fully saturated rings. The topological polar surface area (TPSA) is 80.8 Å². The van der Waals surface area contributed by atoms with Gasteiger partial charge in [0.25, 0.3) is 0 Å². The Kier molecular flexibility index (Phi) is 4.46. The normalized spacial score (nSPS) is 23.1. The second-order valence-corrected chi connectivity index (χ2v) is 6.34. The minimum Gasteiger partial charge on any atom is -0.454 e. The largest absolute Gasteiger partial charge is 0.454 e. The summed E-state index contributed by atoms with van der Waals surface area (Å²) in [5.41, 5.74) is 0.598. The number of rotatable bonds is 4. The molecule has 3 rings (SSSR count). The number of ether oxygens (including phenoxy) is 1. The van der Waals surface area contributed by atoms with Gasteiger partial charge in [-0.05, 0) is 38.0 Å². The van der Waals surface area contributed by atoms with Crippen molar-refractivity contribution < 1.29 is 23.9 Å². The summed E-state index contributed by atoms with van der Waals surface area (Å²) in [5, 5.41) is 0. The summed E-state index contributed by atoms with van der Waals surface area (Å²) in [6.07, 6.45) is 3.41. The standard InChI is InChI=1S/C18H19NO5/c1-11(20)10-24-18(23)12-5-4-6-13(9-12)19-16(21)14-7-2-3-8-15(14)17(19)22/h4-6,9,14-15H,2-3,7-8,10H2,1H3/t14-,15+. The Morgan fingerprint density at radius 2 is 1.75 bits per heavy atom. The highest BCUT2D eigenvalue weighted by Gasteiger charge is 2.48. The van der Waals surface area contributed by atoms with E-state index in [0.717, 1.165) is 25.7 Å². The number of Topliss-reactive ketones (excluding diaryl/α,β-unsaturated/α-hetero) is 1. The summed E-state index contributed by atoms with van der Waals surface area (Å²) >= 11 is 0. The van der Waals surface area contributed by atoms with Gasteiger partial charge in [0, 0.05) is 0 Å². The van der Waals surface area contributed by atoms with Gasteiger partial charge >= 0.3 is 5.97 Å². The average Bonchev–Trinajstić information content (AvgIpc) is 2.84. The number of nitrogens with zero attached hydrogens (tertiary/aromatic N) is 1. The van der Waals surface area contributed by atoms with Gasteiger partial charge in [-0.25, -0.2) is 4.79 Å². The predicted molar refractivity (Wildman–Crippen MR) is 85.3 cm³/mol. The molecule has 0 bridgehead atoms. The molecule has 1 saturated heterocycles. The highest BCUT2D eigenvalue weighted by atomic mass is 16.5. The van der Waals surface area contributed by atoms with Crippen molar-refractivity contribution in [2.24, 2.45) is 11.8 Å². The molecule has 1 aliphatic heterocycles. The molecule has 0 radical (unpaired) electrons. The second kappa shape index (κ2) is 6.55. The lowest BCUT2D eigenvalue weighted by molar-refractivity contribution is -0.122. The predicted octanol–water partition coefficient (Wildman–Crippen LogP) is 2.11. The van der Waals surface area contributed by atoms with Crippen molar-refractivity contribution in [3.05, 3.63) is 29.8 Å². The number of fused-ring (bicyclic) bond motifs is 1. The van der Waals surface area contributed by atoms with Gasteiger partial charge in [0.2, 0.25) is 11.8 Å². The summed E-state index contributed by atoms with van der Waals surface area (Å²) < 4.78 is 4.88. The lowest BCUT2D eigenvalue weighted by atomic mass is 9.81. The molecule has 6 nitrogen and oxygen atoms in total. The lowest BCUT2D eigenvalue weighted by Crippen LogP contribution is -2.31. The van der Waals surface area contributed by atoms with E-state index in [0.29, 0.717) is 5.69 Å². The van der Waals surface area contributed by atoms with Crippen molar-refractivity contribution >= 4 is 29.3 Å². The van der Waals surface area contributed by atoms with E-state index >= 15 is 0 Å². The van der Waals surface area contributed by atoms with E-state index in [9.17, 15) is 19.2 Å². The maximum Gasteiger partial charge on any atom is 0.338 e. The van der Waals surface area contributed by atoms with E-state index in [2.05, 4.69) is 0 Å². The Morgan fingerprint density at radius 1 is 1.12 bits per heavy atom. The third-order valence-corrected chi connectivity index (χ3v) is 4.59. The minimum atomic E-state index is -0.649. The highest BCUT2D eigenvalue weighted by molar-refractivity contribution is 6.22. The van der Waals surface area contributed by atoms with Crippen LogP contribution in [-0.2, 0) is 19.1 Å². The molecule has 2 atom stereocenters. The maximum atomic E-state index is 12.6. The first kappa shape index (κ1) is 16.4. The SMILES string of the molecule is CC(=O)COC(=O)c1cccc(N2C(=O)[C@H]3CCCC[C@H]3C2=O)c1. The number of ketones is 1. The Morgan fingerprint density at radius 3 is 2.33 bits per heavy atom. The van der Waals surface area contributed by atoms with Gasteiger partial charge in [-0.3, -0.25) is 19.3 Å². The number of amides is 2. The summed E-state index contributed by atoms with van der Waals surface area (Å²) in [5.74, 6) is -1.74. The van der Waals surface area contributed by atoms with E-state index in [1.54, 1.807) is 12.1 Å². The molecule has 1 heterocycles. The molecule has 0 spiro atoms. The molecule has 2 amide bonds. The molecule has 0 unspecified atom stereocenters. The zero-order valence-electron chi connectivity index (χ0n) is 13.5. The van der Waals surface area contributed by atoms with Gasteiger partial charge in [-0.2, -0.15) is 0 Å². The molecule has 1 aliphatic carbocycles. The van der Waals surface area contributed by atoms with Crippen LogP contribution in [-0.4, -0.2) is 30.2 Å². The molecule has 1 aromatic rings. The number of esters is 1. The van der Waals surface area contributed by atoms with Crippen molar-refractivity contribution in [2.45, 2.75) is 32.6 Å². The van der Waals surface area contributed by atoms with E-state index in [-0.39, 0.29) is 41.6 Å². The monoisotopic (exact) mass is 329 g/mol. The van der Waals surface area contributed by atoms with Crippen LogP contribution in [0.4, 0.5) is 5.69 Å². The zero-order chi connectivity index (χ0) is 17.3. The first-order valence-electron chi connectivity index (χ1n) is 8.13. The summed E-state index contributed by atoms with van der Waals surface area (Å²) in [7, 11) is 0.